The Bertz CT molecular complexity index is 91.7. The maximum Gasteiger partial charge on any atom is 0.394 e. The minimum atomic E-state index is -4.67. The third kappa shape index (κ3) is 1860. The molecule has 0 unspecified atom stereocenters. The predicted octanol–water partition coefficient (Wildman–Crippen LogP) is -2.30. The van der Waals surface area contributed by atoms with Crippen LogP contribution in [0.5, 0.6) is 0 Å². The molecule has 0 aromatic rings. The largest absolute Gasteiger partial charge is 0.412 e. The van der Waals surface area contributed by atoms with E-state index in [1.54, 1.807) is 0 Å². The van der Waals surface area contributed by atoms with E-state index < -0.39 is 10.4 Å². The van der Waals surface area contributed by atoms with E-state index in [0.717, 1.165) is 0 Å². The summed E-state index contributed by atoms with van der Waals surface area (Å²) in [7, 11) is -4.67. The number of rotatable bonds is 0. The fourth-order valence-corrected chi connectivity index (χ4v) is 0. The van der Waals surface area contributed by atoms with Crippen LogP contribution >= 0.6 is 0 Å². The molecule has 0 aliphatic carbocycles. The van der Waals surface area contributed by atoms with Crippen molar-refractivity contribution in [1.29, 1.82) is 0 Å². The molecule has 0 spiro atoms. The Labute approximate surface area is 56.6 Å². The van der Waals surface area contributed by atoms with Gasteiger partial charge in [-0.25, -0.2) is 0 Å². The van der Waals surface area contributed by atoms with Gasteiger partial charge in [-0.1, -0.05) is 0 Å². The van der Waals surface area contributed by atoms with Crippen molar-refractivity contribution in [3.05, 3.63) is 0 Å². The van der Waals surface area contributed by atoms with Crippen LogP contribution in [-0.2, 0) is 27.5 Å². The zero-order valence-electron chi connectivity index (χ0n) is 3.47. The van der Waals surface area contributed by atoms with Gasteiger partial charge in [-0.15, -0.1) is 0 Å². The van der Waals surface area contributed by atoms with Crippen LogP contribution in [0.25, 0.3) is 0 Å². The molecule has 6 nitrogen and oxygen atoms in total. The van der Waals surface area contributed by atoms with E-state index in [2.05, 4.69) is 0 Å². The normalized spacial score (nSPS) is 7.25. The molecule has 0 amide bonds. The van der Waals surface area contributed by atoms with Crippen LogP contribution in [0.1, 0.15) is 0 Å². The zero-order valence-corrected chi connectivity index (χ0v) is 5.39. The van der Waals surface area contributed by atoms with Crippen LogP contribution in [0.4, 0.5) is 0 Å². The van der Waals surface area contributed by atoms with E-state index in [4.69, 9.17) is 17.5 Å². The van der Waals surface area contributed by atoms with Crippen molar-refractivity contribution >= 4 is 10.4 Å². The Balaban J connectivity index is -0.0000000267. The molecule has 0 aromatic heterocycles. The Hall–Kier alpha value is 0.309. The molecule has 0 radical (unpaired) electrons. The molecular formula is H6FeO6S. The van der Waals surface area contributed by atoms with Gasteiger partial charge in [0.15, 0.2) is 0 Å². The van der Waals surface area contributed by atoms with Gasteiger partial charge in [-0.05, 0) is 0 Å². The van der Waals surface area contributed by atoms with E-state index in [-0.39, 0.29) is 28.0 Å². The molecule has 8 heavy (non-hydrogen) atoms. The molecule has 0 aliphatic heterocycles. The van der Waals surface area contributed by atoms with Crippen molar-refractivity contribution in [3.63, 3.8) is 0 Å². The Kier molecular flexibility index (Phi) is 21.8. The summed E-state index contributed by atoms with van der Waals surface area (Å²) in [5, 5.41) is 0. The third-order valence-electron chi connectivity index (χ3n) is 0. The summed E-state index contributed by atoms with van der Waals surface area (Å²) in [4.78, 5) is 0. The van der Waals surface area contributed by atoms with Crippen LogP contribution in [0, 0.1) is 0 Å². The molecule has 0 rings (SSSR count). The Morgan fingerprint density at radius 2 is 1.00 bits per heavy atom. The van der Waals surface area contributed by atoms with Gasteiger partial charge in [0.2, 0.25) is 0 Å². The molecule has 0 aliphatic rings. The summed E-state index contributed by atoms with van der Waals surface area (Å²) in [6.45, 7) is 0. The SMILES string of the molecule is O.O.O=S(=O)(O)O.[Fe]. The maximum absolute atomic E-state index is 8.74. The van der Waals surface area contributed by atoms with Crippen molar-refractivity contribution in [3.8, 4) is 0 Å². The van der Waals surface area contributed by atoms with Gasteiger partial charge in [0.25, 0.3) is 0 Å². The first-order chi connectivity index (χ1) is 2.00. The van der Waals surface area contributed by atoms with Crippen LogP contribution in [-0.4, -0.2) is 28.5 Å². The standard InChI is InChI=1S/Fe.H2O4S.2H2O/c;1-5(2,3)4;;/h;(H2,1,2,3,4);2*1H2. The van der Waals surface area contributed by atoms with E-state index in [9.17, 15) is 0 Å². The molecular weight excluding hydrogens is 184 g/mol. The van der Waals surface area contributed by atoms with Gasteiger partial charge in [-0.2, -0.15) is 8.42 Å². The summed E-state index contributed by atoms with van der Waals surface area (Å²) in [5.74, 6) is 0. The van der Waals surface area contributed by atoms with Crippen LogP contribution < -0.4 is 0 Å². The molecule has 0 atom stereocenters. The number of hydrogen-bond donors (Lipinski definition) is 2. The maximum atomic E-state index is 8.74. The summed E-state index contributed by atoms with van der Waals surface area (Å²) < 4.78 is 31.6. The Morgan fingerprint density at radius 3 is 1.00 bits per heavy atom. The van der Waals surface area contributed by atoms with E-state index in [0.29, 0.717) is 0 Å². The van der Waals surface area contributed by atoms with E-state index in [1.165, 1.54) is 0 Å². The monoisotopic (exact) mass is 190 g/mol. The van der Waals surface area contributed by atoms with Gasteiger partial charge < -0.3 is 11.0 Å². The molecule has 0 heterocycles. The summed E-state index contributed by atoms with van der Waals surface area (Å²) in [6.07, 6.45) is 0. The molecule has 0 fully saturated rings. The average Bonchev–Trinajstić information content (AvgIpc) is 0.722. The summed E-state index contributed by atoms with van der Waals surface area (Å²) in [6, 6.07) is 0. The Morgan fingerprint density at radius 1 is 1.00 bits per heavy atom. The van der Waals surface area contributed by atoms with Crippen LogP contribution in [0.2, 0.25) is 0 Å². The van der Waals surface area contributed by atoms with Crippen molar-refractivity contribution in [2.75, 3.05) is 0 Å². The quantitative estimate of drug-likeness (QED) is 0.327. The number of hydrogen-bond acceptors (Lipinski definition) is 2. The second-order valence-corrected chi connectivity index (χ2v) is 1.34. The van der Waals surface area contributed by atoms with Gasteiger partial charge in [0.05, 0.1) is 0 Å². The zero-order chi connectivity index (χ0) is 4.50. The second-order valence-electron chi connectivity index (χ2n) is 0.448. The topological polar surface area (TPSA) is 138 Å². The molecule has 0 saturated heterocycles. The molecule has 8 heteroatoms. The van der Waals surface area contributed by atoms with Crippen molar-refractivity contribution in [1.82, 2.24) is 0 Å². The first kappa shape index (κ1) is 23.9. The first-order valence-electron chi connectivity index (χ1n) is 0.698. The fourth-order valence-electron chi connectivity index (χ4n) is 0. The van der Waals surface area contributed by atoms with Gasteiger partial charge >= 0.3 is 10.4 Å². The first-order valence-corrected chi connectivity index (χ1v) is 2.10. The van der Waals surface area contributed by atoms with Crippen LogP contribution in [0.15, 0.2) is 0 Å². The molecule has 6 N–H and O–H groups in total. The van der Waals surface area contributed by atoms with Crippen molar-refractivity contribution < 1.29 is 45.5 Å². The minimum Gasteiger partial charge on any atom is -0.412 e. The van der Waals surface area contributed by atoms with Gasteiger partial charge in [-0.3, -0.25) is 9.11 Å². The second kappa shape index (κ2) is 7.31. The smallest absolute Gasteiger partial charge is 0.394 e. The third-order valence-corrected chi connectivity index (χ3v) is 0. The summed E-state index contributed by atoms with van der Waals surface area (Å²) in [5.41, 5.74) is 0. The molecule has 0 bridgehead atoms. The predicted molar refractivity (Wildman–Crippen MR) is 21.4 cm³/mol. The average molecular weight is 190 g/mol. The van der Waals surface area contributed by atoms with Crippen molar-refractivity contribution in [2.24, 2.45) is 0 Å². The molecule has 0 aromatic carbocycles. The molecule has 0 saturated carbocycles. The fraction of sp³-hybridized carbons (Fsp3) is 0. The van der Waals surface area contributed by atoms with Crippen molar-refractivity contribution in [2.45, 2.75) is 0 Å². The van der Waals surface area contributed by atoms with Gasteiger partial charge in [0, 0.05) is 17.1 Å². The van der Waals surface area contributed by atoms with Gasteiger partial charge in [0.1, 0.15) is 0 Å². The van der Waals surface area contributed by atoms with Crippen LogP contribution in [0.3, 0.4) is 0 Å². The van der Waals surface area contributed by atoms with E-state index >= 15 is 0 Å². The van der Waals surface area contributed by atoms with E-state index in [1.807, 2.05) is 0 Å². The summed E-state index contributed by atoms with van der Waals surface area (Å²) >= 11 is 0. The minimum absolute atomic E-state index is 0. The molecule has 56 valence electrons.